The maximum Gasteiger partial charge on any atom is 0.287 e. The van der Waals surface area contributed by atoms with E-state index in [-0.39, 0.29) is 11.9 Å². The summed E-state index contributed by atoms with van der Waals surface area (Å²) in [5.74, 6) is 0.659. The van der Waals surface area contributed by atoms with Gasteiger partial charge < -0.3 is 19.2 Å². The minimum absolute atomic E-state index is 0.159. The number of furan rings is 1. The Bertz CT molecular complexity index is 684. The first kappa shape index (κ1) is 16.6. The highest BCUT2D eigenvalue weighted by atomic mass is 16.5. The van der Waals surface area contributed by atoms with Crippen LogP contribution in [0.4, 0.5) is 0 Å². The minimum atomic E-state index is -0.159. The van der Waals surface area contributed by atoms with Gasteiger partial charge in [-0.1, -0.05) is 18.2 Å². The molecule has 1 amide bonds. The first-order chi connectivity index (χ1) is 12.3. The number of hydrogen-bond acceptors (Lipinski definition) is 5. The molecule has 6 heteroatoms. The molecule has 0 spiro atoms. The Morgan fingerprint density at radius 3 is 2.80 bits per heavy atom. The van der Waals surface area contributed by atoms with E-state index in [1.54, 1.807) is 6.07 Å². The number of nitrogens with zero attached hydrogens (tertiary/aromatic N) is 1. The third-order valence-electron chi connectivity index (χ3n) is 5.14. The van der Waals surface area contributed by atoms with E-state index in [0.29, 0.717) is 18.2 Å². The Hall–Kier alpha value is -1.89. The van der Waals surface area contributed by atoms with E-state index in [4.69, 9.17) is 13.9 Å². The van der Waals surface area contributed by atoms with Crippen LogP contribution < -0.4 is 5.32 Å². The van der Waals surface area contributed by atoms with E-state index in [1.807, 2.05) is 24.3 Å². The average Bonchev–Trinajstić information content (AvgIpc) is 3.32. The molecular weight excluding hydrogens is 320 g/mol. The Morgan fingerprint density at radius 1 is 1.20 bits per heavy atom. The summed E-state index contributed by atoms with van der Waals surface area (Å²) in [6.45, 7) is 5.49. The molecule has 1 N–H and O–H groups in total. The van der Waals surface area contributed by atoms with Crippen molar-refractivity contribution in [1.29, 1.82) is 0 Å². The Morgan fingerprint density at radius 2 is 2.04 bits per heavy atom. The first-order valence-electron chi connectivity index (χ1n) is 8.97. The molecule has 2 saturated heterocycles. The van der Waals surface area contributed by atoms with Crippen molar-refractivity contribution in [2.45, 2.75) is 12.5 Å². The van der Waals surface area contributed by atoms with Crippen LogP contribution in [0.2, 0.25) is 0 Å². The highest BCUT2D eigenvalue weighted by Gasteiger charge is 2.32. The summed E-state index contributed by atoms with van der Waals surface area (Å²) in [6.07, 6.45) is 1.04. The van der Waals surface area contributed by atoms with E-state index in [9.17, 15) is 4.79 Å². The standard InChI is InChI=1S/C19H24N2O4/c22-19(18-11-14-3-1-2-4-17(14)25-18)20-12-16(15-5-8-24-13-15)21-6-9-23-10-7-21/h1-4,11,15-16H,5-10,12-13H2,(H,20,22)/t15-,16-/m0/s1. The van der Waals surface area contributed by atoms with Gasteiger partial charge in [-0.25, -0.2) is 0 Å². The maximum absolute atomic E-state index is 12.5. The lowest BCUT2D eigenvalue weighted by Gasteiger charge is -2.37. The van der Waals surface area contributed by atoms with Crippen LogP contribution >= 0.6 is 0 Å². The van der Waals surface area contributed by atoms with Crippen LogP contribution in [-0.2, 0) is 9.47 Å². The third-order valence-corrected chi connectivity index (χ3v) is 5.14. The number of fused-ring (bicyclic) bond motifs is 1. The molecule has 0 unspecified atom stereocenters. The van der Waals surface area contributed by atoms with Gasteiger partial charge >= 0.3 is 0 Å². The van der Waals surface area contributed by atoms with Crippen molar-refractivity contribution in [1.82, 2.24) is 10.2 Å². The van der Waals surface area contributed by atoms with Gasteiger partial charge in [-0.2, -0.15) is 0 Å². The van der Waals surface area contributed by atoms with Crippen LogP contribution in [0.15, 0.2) is 34.7 Å². The lowest BCUT2D eigenvalue weighted by Crippen LogP contribution is -2.52. The second-order valence-electron chi connectivity index (χ2n) is 6.70. The largest absolute Gasteiger partial charge is 0.451 e. The van der Waals surface area contributed by atoms with E-state index in [2.05, 4.69) is 10.2 Å². The molecule has 134 valence electrons. The third kappa shape index (κ3) is 3.71. The molecule has 2 aliphatic heterocycles. The zero-order valence-corrected chi connectivity index (χ0v) is 14.3. The molecule has 0 aliphatic carbocycles. The zero-order chi connectivity index (χ0) is 17.1. The number of morpholine rings is 1. The quantitative estimate of drug-likeness (QED) is 0.897. The van der Waals surface area contributed by atoms with Crippen LogP contribution in [0, 0.1) is 5.92 Å². The van der Waals surface area contributed by atoms with Crippen LogP contribution in [0.5, 0.6) is 0 Å². The average molecular weight is 344 g/mol. The summed E-state index contributed by atoms with van der Waals surface area (Å²) in [5, 5.41) is 4.01. The summed E-state index contributed by atoms with van der Waals surface area (Å²) in [4.78, 5) is 15.0. The summed E-state index contributed by atoms with van der Waals surface area (Å²) in [6, 6.07) is 9.74. The van der Waals surface area contributed by atoms with E-state index >= 15 is 0 Å². The van der Waals surface area contributed by atoms with Crippen molar-refractivity contribution in [2.24, 2.45) is 5.92 Å². The molecule has 0 bridgehead atoms. The summed E-state index contributed by atoms with van der Waals surface area (Å²) in [7, 11) is 0. The number of amides is 1. The molecule has 2 aromatic rings. The number of carbonyl (C=O) groups is 1. The summed E-state index contributed by atoms with van der Waals surface area (Å²) < 4.78 is 16.7. The lowest BCUT2D eigenvalue weighted by molar-refractivity contribution is 0.00160. The molecule has 0 radical (unpaired) electrons. The number of carbonyl (C=O) groups excluding carboxylic acids is 1. The molecule has 3 heterocycles. The fourth-order valence-corrected chi connectivity index (χ4v) is 3.74. The topological polar surface area (TPSA) is 63.9 Å². The lowest BCUT2D eigenvalue weighted by atomic mass is 9.97. The number of hydrogen-bond donors (Lipinski definition) is 1. The van der Waals surface area contributed by atoms with Crippen LogP contribution in [0.3, 0.4) is 0 Å². The smallest absolute Gasteiger partial charge is 0.287 e. The predicted octanol–water partition coefficient (Wildman–Crippen LogP) is 1.90. The second kappa shape index (κ2) is 7.56. The van der Waals surface area contributed by atoms with Gasteiger partial charge in [-0.3, -0.25) is 9.69 Å². The van der Waals surface area contributed by atoms with Crippen molar-refractivity contribution in [3.05, 3.63) is 36.1 Å². The first-order valence-corrected chi connectivity index (χ1v) is 8.97. The molecule has 2 fully saturated rings. The van der Waals surface area contributed by atoms with Crippen molar-refractivity contribution in [2.75, 3.05) is 46.1 Å². The van der Waals surface area contributed by atoms with E-state index in [1.165, 1.54) is 0 Å². The zero-order valence-electron chi connectivity index (χ0n) is 14.3. The molecule has 1 aromatic carbocycles. The summed E-state index contributed by atoms with van der Waals surface area (Å²) in [5.41, 5.74) is 0.738. The van der Waals surface area contributed by atoms with Crippen LogP contribution in [0.1, 0.15) is 17.0 Å². The van der Waals surface area contributed by atoms with Gasteiger partial charge in [0, 0.05) is 43.6 Å². The number of benzene rings is 1. The normalized spacial score (nSPS) is 23.0. The number of nitrogens with one attached hydrogen (secondary N) is 1. The van der Waals surface area contributed by atoms with E-state index in [0.717, 1.165) is 56.9 Å². The molecule has 25 heavy (non-hydrogen) atoms. The summed E-state index contributed by atoms with van der Waals surface area (Å²) >= 11 is 0. The highest BCUT2D eigenvalue weighted by Crippen LogP contribution is 2.22. The van der Waals surface area contributed by atoms with Crippen molar-refractivity contribution >= 4 is 16.9 Å². The fourth-order valence-electron chi connectivity index (χ4n) is 3.74. The van der Waals surface area contributed by atoms with Gasteiger partial charge in [0.05, 0.1) is 19.8 Å². The predicted molar refractivity (Wildman–Crippen MR) is 93.7 cm³/mol. The molecular formula is C19H24N2O4. The van der Waals surface area contributed by atoms with Crippen LogP contribution in [-0.4, -0.2) is 62.9 Å². The SMILES string of the molecule is O=C(NC[C@@H]([C@H]1CCOC1)N1CCOCC1)c1cc2ccccc2o1. The maximum atomic E-state index is 12.5. The molecule has 0 saturated carbocycles. The van der Waals surface area contributed by atoms with Crippen molar-refractivity contribution in [3.8, 4) is 0 Å². The Kier molecular flexibility index (Phi) is 5.01. The number of ether oxygens (including phenoxy) is 2. The van der Waals surface area contributed by atoms with Gasteiger partial charge in [0.2, 0.25) is 0 Å². The highest BCUT2D eigenvalue weighted by molar-refractivity contribution is 5.96. The minimum Gasteiger partial charge on any atom is -0.451 e. The molecule has 2 atom stereocenters. The molecule has 4 rings (SSSR count). The van der Waals surface area contributed by atoms with Gasteiger partial charge in [0.25, 0.3) is 5.91 Å². The van der Waals surface area contributed by atoms with Gasteiger partial charge in [-0.15, -0.1) is 0 Å². The Balaban J connectivity index is 1.43. The van der Waals surface area contributed by atoms with E-state index < -0.39 is 0 Å². The van der Waals surface area contributed by atoms with Crippen molar-refractivity contribution in [3.63, 3.8) is 0 Å². The molecule has 2 aliphatic rings. The Labute approximate surface area is 147 Å². The molecule has 6 nitrogen and oxygen atoms in total. The van der Waals surface area contributed by atoms with Gasteiger partial charge in [-0.05, 0) is 18.6 Å². The van der Waals surface area contributed by atoms with Gasteiger partial charge in [0.1, 0.15) is 5.58 Å². The monoisotopic (exact) mass is 344 g/mol. The fraction of sp³-hybridized carbons (Fsp3) is 0.526. The number of para-hydroxylation sites is 1. The number of rotatable bonds is 5. The molecule has 1 aromatic heterocycles. The van der Waals surface area contributed by atoms with Gasteiger partial charge in [0.15, 0.2) is 5.76 Å². The van der Waals surface area contributed by atoms with Crippen LogP contribution in [0.25, 0.3) is 11.0 Å². The second-order valence-corrected chi connectivity index (χ2v) is 6.70. The van der Waals surface area contributed by atoms with Crippen molar-refractivity contribution < 1.29 is 18.7 Å².